The number of hydrogen-bond acceptors (Lipinski definition) is 4. The van der Waals surface area contributed by atoms with Gasteiger partial charge in [0, 0.05) is 18.7 Å². The second-order valence-electron chi connectivity index (χ2n) is 3.81. The Bertz CT molecular complexity index is 406. The van der Waals surface area contributed by atoms with E-state index in [4.69, 9.17) is 14.8 Å². The molecule has 1 unspecified atom stereocenters. The summed E-state index contributed by atoms with van der Waals surface area (Å²) in [5.74, 6) is -1.18. The van der Waals surface area contributed by atoms with Crippen molar-refractivity contribution in [3.8, 4) is 6.07 Å². The summed E-state index contributed by atoms with van der Waals surface area (Å²) in [7, 11) is 1.84. The van der Waals surface area contributed by atoms with Crippen molar-refractivity contribution in [2.24, 2.45) is 5.92 Å². The number of carboxylic acids is 1. The summed E-state index contributed by atoms with van der Waals surface area (Å²) in [6, 6.07) is 3.77. The molecule has 5 nitrogen and oxygen atoms in total. The number of rotatable bonds is 5. The molecule has 0 aliphatic rings. The van der Waals surface area contributed by atoms with Crippen LogP contribution in [-0.4, -0.2) is 29.6 Å². The molecule has 1 N–H and O–H groups in total. The molecule has 1 atom stereocenters. The maximum absolute atomic E-state index is 10.8. The number of nitrogens with zero attached hydrogens (tertiary/aromatic N) is 2. The van der Waals surface area contributed by atoms with E-state index in [0.717, 1.165) is 0 Å². The van der Waals surface area contributed by atoms with Crippen LogP contribution in [0, 0.1) is 17.2 Å². The van der Waals surface area contributed by atoms with Gasteiger partial charge in [-0.1, -0.05) is 0 Å². The van der Waals surface area contributed by atoms with Gasteiger partial charge < -0.3 is 14.4 Å². The Balaban J connectivity index is 2.63. The van der Waals surface area contributed by atoms with Crippen molar-refractivity contribution in [2.45, 2.75) is 13.5 Å². The largest absolute Gasteiger partial charge is 0.475 e. The monoisotopic (exact) mass is 222 g/mol. The van der Waals surface area contributed by atoms with Gasteiger partial charge in [-0.15, -0.1) is 0 Å². The lowest BCUT2D eigenvalue weighted by Crippen LogP contribution is -2.23. The molecule has 0 aromatic carbocycles. The second-order valence-corrected chi connectivity index (χ2v) is 3.81. The van der Waals surface area contributed by atoms with Gasteiger partial charge in [0.05, 0.1) is 18.3 Å². The van der Waals surface area contributed by atoms with E-state index in [1.807, 2.05) is 18.9 Å². The fourth-order valence-corrected chi connectivity index (χ4v) is 1.51. The van der Waals surface area contributed by atoms with E-state index in [9.17, 15) is 4.79 Å². The molecule has 0 spiro atoms. The summed E-state index contributed by atoms with van der Waals surface area (Å²) in [6.45, 7) is 2.88. The van der Waals surface area contributed by atoms with E-state index in [1.54, 1.807) is 6.07 Å². The summed E-state index contributed by atoms with van der Waals surface area (Å²) in [5, 5.41) is 17.5. The first-order valence-electron chi connectivity index (χ1n) is 4.92. The van der Waals surface area contributed by atoms with Crippen LogP contribution in [0.25, 0.3) is 0 Å². The molecule has 0 amide bonds. The molecule has 1 heterocycles. The van der Waals surface area contributed by atoms with E-state index in [0.29, 0.717) is 18.7 Å². The zero-order valence-electron chi connectivity index (χ0n) is 9.30. The Kier molecular flexibility index (Phi) is 4.09. The maximum Gasteiger partial charge on any atom is 0.372 e. The molecule has 0 fully saturated rings. The standard InChI is InChI=1S/C11H14N2O3/c1-8(5-12)6-13(2)7-9-3-4-16-10(9)11(14)15/h3-4,8H,6-7H2,1-2H3,(H,14,15). The van der Waals surface area contributed by atoms with Crippen molar-refractivity contribution in [2.75, 3.05) is 13.6 Å². The quantitative estimate of drug-likeness (QED) is 0.818. The Labute approximate surface area is 93.9 Å². The van der Waals surface area contributed by atoms with Crippen LogP contribution in [0.15, 0.2) is 16.7 Å². The molecule has 1 aromatic heterocycles. The first-order valence-corrected chi connectivity index (χ1v) is 4.92. The van der Waals surface area contributed by atoms with Gasteiger partial charge in [-0.05, 0) is 20.0 Å². The molecule has 0 radical (unpaired) electrons. The number of aromatic carboxylic acids is 1. The van der Waals surface area contributed by atoms with Crippen molar-refractivity contribution in [3.63, 3.8) is 0 Å². The summed E-state index contributed by atoms with van der Waals surface area (Å²) in [4.78, 5) is 12.7. The SMILES string of the molecule is CC(C#N)CN(C)Cc1ccoc1C(=O)O. The summed E-state index contributed by atoms with van der Waals surface area (Å²) >= 11 is 0. The van der Waals surface area contributed by atoms with Crippen molar-refractivity contribution in [3.05, 3.63) is 23.7 Å². The van der Waals surface area contributed by atoms with Gasteiger partial charge in [-0.3, -0.25) is 0 Å². The van der Waals surface area contributed by atoms with Crippen LogP contribution in [-0.2, 0) is 6.54 Å². The van der Waals surface area contributed by atoms with Gasteiger partial charge in [-0.2, -0.15) is 5.26 Å². The first-order chi connectivity index (χ1) is 7.54. The summed E-state index contributed by atoms with van der Waals surface area (Å²) in [5.41, 5.74) is 0.625. The van der Waals surface area contributed by atoms with Crippen LogP contribution >= 0.6 is 0 Å². The van der Waals surface area contributed by atoms with Gasteiger partial charge in [0.15, 0.2) is 0 Å². The lowest BCUT2D eigenvalue weighted by atomic mass is 10.2. The molecule has 86 valence electrons. The van der Waals surface area contributed by atoms with Crippen LogP contribution in [0.4, 0.5) is 0 Å². The molecule has 0 aliphatic carbocycles. The topological polar surface area (TPSA) is 77.5 Å². The number of hydrogen-bond donors (Lipinski definition) is 1. The number of carboxylic acid groups (broad SMARTS) is 1. The Morgan fingerprint density at radius 3 is 3.00 bits per heavy atom. The highest BCUT2D eigenvalue weighted by Crippen LogP contribution is 2.13. The second kappa shape index (κ2) is 5.33. The van der Waals surface area contributed by atoms with Crippen molar-refractivity contribution in [1.82, 2.24) is 4.90 Å². The minimum atomic E-state index is -1.07. The minimum Gasteiger partial charge on any atom is -0.475 e. The Morgan fingerprint density at radius 2 is 2.44 bits per heavy atom. The average molecular weight is 222 g/mol. The van der Waals surface area contributed by atoms with Gasteiger partial charge in [0.25, 0.3) is 0 Å². The van der Waals surface area contributed by atoms with Crippen LogP contribution in [0.1, 0.15) is 23.0 Å². The number of carbonyl (C=O) groups is 1. The molecule has 0 saturated carbocycles. The number of furan rings is 1. The highest BCUT2D eigenvalue weighted by Gasteiger charge is 2.15. The third-order valence-electron chi connectivity index (χ3n) is 2.19. The zero-order chi connectivity index (χ0) is 12.1. The van der Waals surface area contributed by atoms with Crippen molar-refractivity contribution in [1.29, 1.82) is 5.26 Å². The van der Waals surface area contributed by atoms with E-state index < -0.39 is 5.97 Å². The highest BCUT2D eigenvalue weighted by molar-refractivity contribution is 5.86. The van der Waals surface area contributed by atoms with Crippen molar-refractivity contribution >= 4 is 5.97 Å². The van der Waals surface area contributed by atoms with E-state index in [-0.39, 0.29) is 11.7 Å². The van der Waals surface area contributed by atoms with Gasteiger partial charge in [0.2, 0.25) is 5.76 Å². The van der Waals surface area contributed by atoms with Crippen LogP contribution in [0.5, 0.6) is 0 Å². The minimum absolute atomic E-state index is 0.0311. The zero-order valence-corrected chi connectivity index (χ0v) is 9.30. The van der Waals surface area contributed by atoms with Crippen LogP contribution < -0.4 is 0 Å². The van der Waals surface area contributed by atoms with E-state index in [1.165, 1.54) is 6.26 Å². The van der Waals surface area contributed by atoms with Crippen LogP contribution in [0.2, 0.25) is 0 Å². The molecule has 16 heavy (non-hydrogen) atoms. The van der Waals surface area contributed by atoms with Crippen LogP contribution in [0.3, 0.4) is 0 Å². The molecule has 0 saturated heterocycles. The van der Waals surface area contributed by atoms with Gasteiger partial charge in [-0.25, -0.2) is 4.79 Å². The predicted octanol–water partition coefficient (Wildman–Crippen LogP) is 1.57. The first kappa shape index (κ1) is 12.3. The third kappa shape index (κ3) is 3.11. The molecule has 0 aliphatic heterocycles. The molecule has 0 bridgehead atoms. The highest BCUT2D eigenvalue weighted by atomic mass is 16.4. The van der Waals surface area contributed by atoms with Gasteiger partial charge >= 0.3 is 5.97 Å². The fraction of sp³-hybridized carbons (Fsp3) is 0.455. The fourth-order valence-electron chi connectivity index (χ4n) is 1.51. The lowest BCUT2D eigenvalue weighted by molar-refractivity contribution is 0.0659. The Hall–Kier alpha value is -1.80. The number of nitriles is 1. The lowest BCUT2D eigenvalue weighted by Gasteiger charge is -2.16. The Morgan fingerprint density at radius 1 is 1.75 bits per heavy atom. The predicted molar refractivity (Wildman–Crippen MR) is 56.8 cm³/mol. The molecular formula is C11H14N2O3. The van der Waals surface area contributed by atoms with Crippen molar-refractivity contribution < 1.29 is 14.3 Å². The maximum atomic E-state index is 10.8. The average Bonchev–Trinajstić information content (AvgIpc) is 2.65. The van der Waals surface area contributed by atoms with E-state index >= 15 is 0 Å². The molecule has 1 aromatic rings. The van der Waals surface area contributed by atoms with Gasteiger partial charge in [0.1, 0.15) is 0 Å². The third-order valence-corrected chi connectivity index (χ3v) is 2.19. The van der Waals surface area contributed by atoms with E-state index in [2.05, 4.69) is 6.07 Å². The molecule has 5 heteroatoms. The molecular weight excluding hydrogens is 208 g/mol. The summed E-state index contributed by atoms with van der Waals surface area (Å²) in [6.07, 6.45) is 1.36. The normalized spacial score (nSPS) is 12.4. The smallest absolute Gasteiger partial charge is 0.372 e. The summed E-state index contributed by atoms with van der Waals surface area (Å²) < 4.78 is 4.87. The molecule has 1 rings (SSSR count).